The average Bonchev–Trinajstić information content (AvgIpc) is 2.17. The maximum Gasteiger partial charge on any atom is 0.123 e. The van der Waals surface area contributed by atoms with Gasteiger partial charge in [-0.2, -0.15) is 0 Å². The summed E-state index contributed by atoms with van der Waals surface area (Å²) >= 11 is 0. The first-order valence-electron chi connectivity index (χ1n) is 5.43. The van der Waals surface area contributed by atoms with Crippen molar-refractivity contribution in [2.24, 2.45) is 5.92 Å². The van der Waals surface area contributed by atoms with E-state index in [1.54, 1.807) is 6.07 Å². The van der Waals surface area contributed by atoms with Gasteiger partial charge in [-0.3, -0.25) is 0 Å². The Balaban J connectivity index is 1.99. The number of benzene rings is 1. The lowest BCUT2D eigenvalue weighted by Gasteiger charge is -2.26. The van der Waals surface area contributed by atoms with E-state index >= 15 is 0 Å². The second kappa shape index (κ2) is 4.62. The van der Waals surface area contributed by atoms with Crippen LogP contribution in [-0.2, 0) is 6.61 Å². The zero-order chi connectivity index (χ0) is 10.7. The third-order valence-electron chi connectivity index (χ3n) is 3.04. The molecular weight excluding hydrogens is 193 g/mol. The van der Waals surface area contributed by atoms with E-state index in [4.69, 9.17) is 5.11 Å². The molecule has 1 aliphatic carbocycles. The maximum absolute atomic E-state index is 12.9. The predicted octanol–water partition coefficient (Wildman–Crippen LogP) is 2.53. The minimum Gasteiger partial charge on any atom is -0.392 e. The number of nitrogens with one attached hydrogen (secondary N) is 1. The first-order chi connectivity index (χ1) is 7.29. The fraction of sp³-hybridized carbons (Fsp3) is 0.500. The zero-order valence-electron chi connectivity index (χ0n) is 8.67. The Labute approximate surface area is 89.1 Å². The molecule has 1 saturated carbocycles. The molecule has 15 heavy (non-hydrogen) atoms. The van der Waals surface area contributed by atoms with Crippen molar-refractivity contribution in [3.05, 3.63) is 29.6 Å². The fourth-order valence-electron chi connectivity index (χ4n) is 1.82. The molecule has 1 aromatic carbocycles. The topological polar surface area (TPSA) is 32.3 Å². The summed E-state index contributed by atoms with van der Waals surface area (Å²) in [6.45, 7) is 0.809. The van der Waals surface area contributed by atoms with Gasteiger partial charge < -0.3 is 10.4 Å². The van der Waals surface area contributed by atoms with Crippen molar-refractivity contribution in [1.29, 1.82) is 0 Å². The molecule has 0 spiro atoms. The van der Waals surface area contributed by atoms with Crippen LogP contribution in [0.3, 0.4) is 0 Å². The van der Waals surface area contributed by atoms with Crippen molar-refractivity contribution in [1.82, 2.24) is 0 Å². The Morgan fingerprint density at radius 3 is 2.80 bits per heavy atom. The van der Waals surface area contributed by atoms with E-state index in [0.717, 1.165) is 18.2 Å². The fourth-order valence-corrected chi connectivity index (χ4v) is 1.82. The highest BCUT2D eigenvalue weighted by Crippen LogP contribution is 2.27. The van der Waals surface area contributed by atoms with Gasteiger partial charge in [0.05, 0.1) is 6.61 Å². The summed E-state index contributed by atoms with van der Waals surface area (Å²) < 4.78 is 12.9. The van der Waals surface area contributed by atoms with Crippen molar-refractivity contribution in [3.8, 4) is 0 Å². The minimum absolute atomic E-state index is 0.120. The van der Waals surface area contributed by atoms with Gasteiger partial charge in [-0.1, -0.05) is 6.42 Å². The predicted molar refractivity (Wildman–Crippen MR) is 58.2 cm³/mol. The van der Waals surface area contributed by atoms with Crippen LogP contribution in [-0.4, -0.2) is 11.7 Å². The molecule has 0 aromatic heterocycles. The second-order valence-electron chi connectivity index (χ2n) is 4.14. The summed E-state index contributed by atoms with van der Waals surface area (Å²) in [5.74, 6) is 0.454. The molecule has 0 atom stereocenters. The Bertz CT molecular complexity index is 336. The van der Waals surface area contributed by atoms with E-state index in [9.17, 15) is 4.39 Å². The smallest absolute Gasteiger partial charge is 0.123 e. The molecule has 0 unspecified atom stereocenters. The van der Waals surface area contributed by atoms with Crippen LogP contribution in [0, 0.1) is 11.7 Å². The van der Waals surface area contributed by atoms with Crippen LogP contribution in [0.15, 0.2) is 18.2 Å². The van der Waals surface area contributed by atoms with Gasteiger partial charge in [0.1, 0.15) is 5.82 Å². The van der Waals surface area contributed by atoms with Gasteiger partial charge in [0.25, 0.3) is 0 Å². The van der Waals surface area contributed by atoms with Crippen LogP contribution >= 0.6 is 0 Å². The third kappa shape index (κ3) is 2.48. The Kier molecular flexibility index (Phi) is 3.21. The van der Waals surface area contributed by atoms with Crippen LogP contribution in [0.2, 0.25) is 0 Å². The molecule has 1 aliphatic rings. The molecule has 0 radical (unpaired) electrons. The Hall–Kier alpha value is -1.09. The van der Waals surface area contributed by atoms with Gasteiger partial charge in [0.15, 0.2) is 0 Å². The van der Waals surface area contributed by atoms with Gasteiger partial charge in [-0.25, -0.2) is 4.39 Å². The SMILES string of the molecule is OCc1cc(F)ccc1NCC1CCC1. The number of halogens is 1. The standard InChI is InChI=1S/C12H16FNO/c13-11-4-5-12(10(6-11)8-15)14-7-9-2-1-3-9/h4-6,9,14-15H,1-3,7-8H2. The molecule has 0 aliphatic heterocycles. The lowest BCUT2D eigenvalue weighted by atomic mass is 9.85. The monoisotopic (exact) mass is 209 g/mol. The van der Waals surface area contributed by atoms with Crippen LogP contribution in [0.5, 0.6) is 0 Å². The Morgan fingerprint density at radius 2 is 2.20 bits per heavy atom. The molecule has 0 bridgehead atoms. The number of anilines is 1. The normalized spacial score (nSPS) is 16.1. The van der Waals surface area contributed by atoms with E-state index < -0.39 is 0 Å². The van der Waals surface area contributed by atoms with E-state index in [-0.39, 0.29) is 12.4 Å². The highest BCUT2D eigenvalue weighted by molar-refractivity contribution is 5.51. The lowest BCUT2D eigenvalue weighted by molar-refractivity contribution is 0.281. The Morgan fingerprint density at radius 1 is 1.40 bits per heavy atom. The van der Waals surface area contributed by atoms with E-state index in [1.165, 1.54) is 31.4 Å². The van der Waals surface area contributed by atoms with Gasteiger partial charge in [0, 0.05) is 17.8 Å². The molecular formula is C12H16FNO. The third-order valence-corrected chi connectivity index (χ3v) is 3.04. The van der Waals surface area contributed by atoms with Gasteiger partial charge >= 0.3 is 0 Å². The van der Waals surface area contributed by atoms with Crippen LogP contribution in [0.1, 0.15) is 24.8 Å². The first-order valence-corrected chi connectivity index (χ1v) is 5.43. The zero-order valence-corrected chi connectivity index (χ0v) is 8.67. The van der Waals surface area contributed by atoms with Gasteiger partial charge in [-0.15, -0.1) is 0 Å². The maximum atomic E-state index is 12.9. The van der Waals surface area contributed by atoms with E-state index in [1.807, 2.05) is 0 Å². The molecule has 1 aromatic rings. The van der Waals surface area contributed by atoms with E-state index in [2.05, 4.69) is 5.32 Å². The molecule has 2 nitrogen and oxygen atoms in total. The molecule has 3 heteroatoms. The van der Waals surface area contributed by atoms with Crippen LogP contribution in [0.25, 0.3) is 0 Å². The highest BCUT2D eigenvalue weighted by atomic mass is 19.1. The molecule has 1 fully saturated rings. The highest BCUT2D eigenvalue weighted by Gasteiger charge is 2.17. The number of hydrogen-bond acceptors (Lipinski definition) is 2. The summed E-state index contributed by atoms with van der Waals surface area (Å²) in [7, 11) is 0. The summed E-state index contributed by atoms with van der Waals surface area (Å²) in [6.07, 6.45) is 3.88. The van der Waals surface area contributed by atoms with Crippen LogP contribution < -0.4 is 5.32 Å². The van der Waals surface area contributed by atoms with Crippen molar-refractivity contribution >= 4 is 5.69 Å². The van der Waals surface area contributed by atoms with Gasteiger partial charge in [-0.05, 0) is 37.0 Å². The molecule has 2 rings (SSSR count). The molecule has 2 N–H and O–H groups in total. The molecule has 0 amide bonds. The van der Waals surface area contributed by atoms with Crippen molar-refractivity contribution in [2.45, 2.75) is 25.9 Å². The number of hydrogen-bond donors (Lipinski definition) is 2. The first kappa shape index (κ1) is 10.4. The number of aliphatic hydroxyl groups is 1. The largest absolute Gasteiger partial charge is 0.392 e. The number of aliphatic hydroxyl groups excluding tert-OH is 1. The minimum atomic E-state index is -0.298. The summed E-state index contributed by atoms with van der Waals surface area (Å²) in [4.78, 5) is 0. The van der Waals surface area contributed by atoms with Crippen molar-refractivity contribution < 1.29 is 9.50 Å². The molecule has 0 heterocycles. The lowest BCUT2D eigenvalue weighted by Crippen LogP contribution is -2.21. The van der Waals surface area contributed by atoms with Crippen molar-refractivity contribution in [3.63, 3.8) is 0 Å². The van der Waals surface area contributed by atoms with E-state index in [0.29, 0.717) is 5.56 Å². The van der Waals surface area contributed by atoms with Crippen LogP contribution in [0.4, 0.5) is 10.1 Å². The number of rotatable bonds is 4. The van der Waals surface area contributed by atoms with Gasteiger partial charge in [0.2, 0.25) is 0 Å². The average molecular weight is 209 g/mol. The second-order valence-corrected chi connectivity index (χ2v) is 4.14. The summed E-state index contributed by atoms with van der Waals surface area (Å²) in [5.41, 5.74) is 1.49. The molecule has 82 valence electrons. The molecule has 0 saturated heterocycles. The van der Waals surface area contributed by atoms with Crippen molar-refractivity contribution in [2.75, 3.05) is 11.9 Å². The summed E-state index contributed by atoms with van der Waals surface area (Å²) in [6, 6.07) is 4.49. The summed E-state index contributed by atoms with van der Waals surface area (Å²) in [5, 5.41) is 12.3. The quantitative estimate of drug-likeness (QED) is 0.798.